The minimum atomic E-state index is -0.577. The van der Waals surface area contributed by atoms with E-state index in [0.717, 1.165) is 37.6 Å². The van der Waals surface area contributed by atoms with Crippen molar-refractivity contribution in [3.05, 3.63) is 33.9 Å². The number of halogens is 2. The second kappa shape index (κ2) is 11.7. The lowest BCUT2D eigenvalue weighted by Gasteiger charge is -2.41. The molecule has 0 radical (unpaired) electrons. The summed E-state index contributed by atoms with van der Waals surface area (Å²) >= 11 is 13.0. The number of hydrogen-bond acceptors (Lipinski definition) is 8. The summed E-state index contributed by atoms with van der Waals surface area (Å²) in [6.07, 6.45) is -0.577. The van der Waals surface area contributed by atoms with E-state index in [4.69, 9.17) is 42.5 Å². The van der Waals surface area contributed by atoms with Gasteiger partial charge in [0.25, 0.3) is 5.91 Å². The zero-order valence-corrected chi connectivity index (χ0v) is 22.9. The van der Waals surface area contributed by atoms with Crippen molar-refractivity contribution < 1.29 is 19.0 Å². The topological polar surface area (TPSA) is 75.5 Å². The number of anilines is 2. The number of hydrogen-bond donors (Lipinski definition) is 0. The number of carbonyl (C=O) groups excluding carboxylic acids is 1. The number of morpholine rings is 2. The number of aromatic nitrogens is 2. The van der Waals surface area contributed by atoms with E-state index >= 15 is 0 Å². The Labute approximate surface area is 227 Å². The van der Waals surface area contributed by atoms with E-state index < -0.39 is 6.17 Å². The molecule has 1 unspecified atom stereocenters. The first-order chi connectivity index (χ1) is 18.0. The highest BCUT2D eigenvalue weighted by Gasteiger charge is 2.37. The van der Waals surface area contributed by atoms with Crippen molar-refractivity contribution in [3.63, 3.8) is 0 Å². The van der Waals surface area contributed by atoms with Gasteiger partial charge in [0.2, 0.25) is 0 Å². The fourth-order valence-electron chi connectivity index (χ4n) is 5.13. The van der Waals surface area contributed by atoms with Gasteiger partial charge in [-0.15, -0.1) is 0 Å². The Bertz CT molecular complexity index is 1100. The highest BCUT2D eigenvalue weighted by molar-refractivity contribution is 6.33. The smallest absolute Gasteiger partial charge is 0.262 e. The van der Waals surface area contributed by atoms with Crippen molar-refractivity contribution in [2.24, 2.45) is 0 Å². The normalized spacial score (nSPS) is 20.3. The predicted octanol–water partition coefficient (Wildman–Crippen LogP) is 2.52. The van der Waals surface area contributed by atoms with Crippen LogP contribution in [0.15, 0.2) is 18.2 Å². The second-order valence-electron chi connectivity index (χ2n) is 9.42. The third-order valence-electron chi connectivity index (χ3n) is 7.31. The van der Waals surface area contributed by atoms with E-state index in [-0.39, 0.29) is 5.91 Å². The van der Waals surface area contributed by atoms with E-state index in [1.807, 2.05) is 34.7 Å². The maximum absolute atomic E-state index is 14.0. The number of ether oxygens (including phenoxy) is 3. The van der Waals surface area contributed by atoms with E-state index in [0.29, 0.717) is 74.2 Å². The number of carbonyl (C=O) groups is 1. The molecule has 1 aromatic carbocycles. The van der Waals surface area contributed by atoms with Gasteiger partial charge in [-0.05, 0) is 19.1 Å². The lowest BCUT2D eigenvalue weighted by atomic mass is 10.2. The molecule has 1 atom stereocenters. The SMILES string of the molecule is COc1cc(N2CCN(C(C(=O)N3CCOCC3)n3nc(N4CCOCC4)c(Cl)c3C)CC2)ccc1Cl. The van der Waals surface area contributed by atoms with Gasteiger partial charge in [0.05, 0.1) is 44.3 Å². The number of rotatable bonds is 6. The van der Waals surface area contributed by atoms with Crippen molar-refractivity contribution in [1.29, 1.82) is 0 Å². The van der Waals surface area contributed by atoms with Crippen LogP contribution >= 0.6 is 23.2 Å². The molecule has 10 nitrogen and oxygen atoms in total. The van der Waals surface area contributed by atoms with Crippen LogP contribution in [-0.4, -0.2) is 111 Å². The molecule has 2 aromatic rings. The molecule has 0 bridgehead atoms. The average molecular weight is 553 g/mol. The summed E-state index contributed by atoms with van der Waals surface area (Å²) in [6, 6.07) is 5.82. The Balaban J connectivity index is 1.40. The van der Waals surface area contributed by atoms with Crippen molar-refractivity contribution in [1.82, 2.24) is 19.6 Å². The van der Waals surface area contributed by atoms with Crippen molar-refractivity contribution in [3.8, 4) is 5.75 Å². The Morgan fingerprint density at radius 1 is 0.946 bits per heavy atom. The maximum Gasteiger partial charge on any atom is 0.262 e. The van der Waals surface area contributed by atoms with Crippen LogP contribution in [0.25, 0.3) is 0 Å². The number of methoxy groups -OCH3 is 1. The van der Waals surface area contributed by atoms with Crippen LogP contribution in [0.2, 0.25) is 10.0 Å². The first-order valence-corrected chi connectivity index (χ1v) is 13.5. The van der Waals surface area contributed by atoms with Crippen LogP contribution in [0.4, 0.5) is 11.5 Å². The number of benzene rings is 1. The van der Waals surface area contributed by atoms with Gasteiger partial charge in [-0.3, -0.25) is 9.69 Å². The third-order valence-corrected chi connectivity index (χ3v) is 8.06. The van der Waals surface area contributed by atoms with Gasteiger partial charge >= 0.3 is 0 Å². The largest absolute Gasteiger partial charge is 0.495 e. The summed E-state index contributed by atoms with van der Waals surface area (Å²) in [6.45, 7) is 9.78. The molecule has 0 saturated carbocycles. The molecule has 3 aliphatic heterocycles. The lowest BCUT2D eigenvalue weighted by molar-refractivity contribution is -0.145. The molecule has 3 aliphatic rings. The molecule has 37 heavy (non-hydrogen) atoms. The van der Waals surface area contributed by atoms with E-state index in [2.05, 4.69) is 14.7 Å². The highest BCUT2D eigenvalue weighted by atomic mass is 35.5. The van der Waals surface area contributed by atoms with Crippen LogP contribution in [0.5, 0.6) is 5.75 Å². The zero-order valence-electron chi connectivity index (χ0n) is 21.4. The molecule has 12 heteroatoms. The van der Waals surface area contributed by atoms with Crippen molar-refractivity contribution in [2.75, 3.05) is 95.7 Å². The summed E-state index contributed by atoms with van der Waals surface area (Å²) in [5.41, 5.74) is 1.84. The molecule has 202 valence electrons. The van der Waals surface area contributed by atoms with Gasteiger partial charge in [0.1, 0.15) is 10.8 Å². The Kier molecular flexibility index (Phi) is 8.31. The molecular formula is C25H34Cl2N6O4. The Morgan fingerprint density at radius 2 is 1.59 bits per heavy atom. The maximum atomic E-state index is 14.0. The summed E-state index contributed by atoms with van der Waals surface area (Å²) < 4.78 is 18.2. The molecule has 1 amide bonds. The fourth-order valence-corrected chi connectivity index (χ4v) is 5.57. The summed E-state index contributed by atoms with van der Waals surface area (Å²) in [5.74, 6) is 1.40. The number of piperazine rings is 1. The second-order valence-corrected chi connectivity index (χ2v) is 10.2. The average Bonchev–Trinajstić information content (AvgIpc) is 3.24. The van der Waals surface area contributed by atoms with E-state index in [1.165, 1.54) is 0 Å². The van der Waals surface area contributed by atoms with Gasteiger partial charge in [-0.25, -0.2) is 4.68 Å². The van der Waals surface area contributed by atoms with Crippen LogP contribution in [0, 0.1) is 6.92 Å². The molecule has 4 heterocycles. The lowest BCUT2D eigenvalue weighted by Crippen LogP contribution is -2.55. The van der Waals surface area contributed by atoms with Crippen LogP contribution in [-0.2, 0) is 14.3 Å². The zero-order chi connectivity index (χ0) is 25.9. The van der Waals surface area contributed by atoms with Crippen molar-refractivity contribution in [2.45, 2.75) is 13.1 Å². The van der Waals surface area contributed by atoms with E-state index in [9.17, 15) is 4.79 Å². The molecule has 0 aliphatic carbocycles. The monoisotopic (exact) mass is 552 g/mol. The number of amides is 1. The Morgan fingerprint density at radius 3 is 2.24 bits per heavy atom. The Hall–Kier alpha value is -2.24. The van der Waals surface area contributed by atoms with Gasteiger partial charge in [-0.1, -0.05) is 23.2 Å². The molecule has 1 aromatic heterocycles. The minimum absolute atomic E-state index is 0.0284. The third kappa shape index (κ3) is 5.49. The van der Waals surface area contributed by atoms with Gasteiger partial charge < -0.3 is 28.9 Å². The minimum Gasteiger partial charge on any atom is -0.495 e. The summed E-state index contributed by atoms with van der Waals surface area (Å²) in [4.78, 5) is 22.5. The predicted molar refractivity (Wildman–Crippen MR) is 143 cm³/mol. The first kappa shape index (κ1) is 26.4. The molecule has 5 rings (SSSR count). The van der Waals surface area contributed by atoms with Gasteiger partial charge in [0, 0.05) is 64.1 Å². The van der Waals surface area contributed by atoms with Gasteiger partial charge in [0.15, 0.2) is 12.0 Å². The van der Waals surface area contributed by atoms with Gasteiger partial charge in [-0.2, -0.15) is 5.10 Å². The molecule has 3 fully saturated rings. The highest BCUT2D eigenvalue weighted by Crippen LogP contribution is 2.34. The van der Waals surface area contributed by atoms with Crippen LogP contribution in [0.1, 0.15) is 11.9 Å². The van der Waals surface area contributed by atoms with Crippen LogP contribution in [0.3, 0.4) is 0 Å². The standard InChI is InChI=1S/C25H34Cl2N6O4/c1-18-22(27)23(30-9-13-36-14-10-30)28-33(18)24(25(34)32-11-15-37-16-12-32)31-7-5-29(6-8-31)19-3-4-20(26)21(17-19)35-2/h3-4,17,24H,5-16H2,1-2H3. The molecule has 0 spiro atoms. The fraction of sp³-hybridized carbons (Fsp3) is 0.600. The summed E-state index contributed by atoms with van der Waals surface area (Å²) in [5, 5.41) is 6.10. The molecular weight excluding hydrogens is 519 g/mol. The summed E-state index contributed by atoms with van der Waals surface area (Å²) in [7, 11) is 1.62. The first-order valence-electron chi connectivity index (χ1n) is 12.7. The quantitative estimate of drug-likeness (QED) is 0.541. The van der Waals surface area contributed by atoms with Crippen molar-refractivity contribution >= 4 is 40.6 Å². The van der Waals surface area contributed by atoms with E-state index in [1.54, 1.807) is 7.11 Å². The molecule has 3 saturated heterocycles. The van der Waals surface area contributed by atoms with Crippen LogP contribution < -0.4 is 14.5 Å². The number of nitrogens with zero attached hydrogens (tertiary/aromatic N) is 6. The molecule has 0 N–H and O–H groups in total.